The summed E-state index contributed by atoms with van der Waals surface area (Å²) in [6, 6.07) is 0. The summed E-state index contributed by atoms with van der Waals surface area (Å²) in [5, 5.41) is 3.25. The van der Waals surface area contributed by atoms with Gasteiger partial charge in [-0.2, -0.15) is 0 Å². The van der Waals surface area contributed by atoms with Gasteiger partial charge < -0.3 is 15.0 Å². The summed E-state index contributed by atoms with van der Waals surface area (Å²) in [5.74, 6) is 0.164. The van der Waals surface area contributed by atoms with Gasteiger partial charge in [-0.25, -0.2) is 0 Å². The Morgan fingerprint density at radius 2 is 2.20 bits per heavy atom. The molecule has 0 saturated carbocycles. The van der Waals surface area contributed by atoms with Crippen molar-refractivity contribution in [2.45, 2.75) is 26.9 Å². The highest BCUT2D eigenvalue weighted by molar-refractivity contribution is 5.81. The van der Waals surface area contributed by atoms with Crippen LogP contribution in [0.4, 0.5) is 0 Å². The van der Waals surface area contributed by atoms with Crippen molar-refractivity contribution in [2.75, 3.05) is 33.3 Å². The van der Waals surface area contributed by atoms with E-state index in [2.05, 4.69) is 5.32 Å². The molecule has 1 aliphatic rings. The number of amides is 1. The predicted molar refractivity (Wildman–Crippen MR) is 59.7 cm³/mol. The molecule has 1 N–H and O–H groups in total. The molecule has 0 bridgehead atoms. The number of likely N-dealkylation sites (N-methyl/N-ethyl adjacent to an activating group) is 1. The average molecular weight is 214 g/mol. The number of nitrogens with one attached hydrogen (secondary N) is 1. The SMILES string of the molecule is CN(CC1CNCCO1)C(=O)C(C)(C)C. The third-order valence-corrected chi connectivity index (χ3v) is 2.47. The first kappa shape index (κ1) is 12.5. The van der Waals surface area contributed by atoms with Crippen LogP contribution < -0.4 is 5.32 Å². The number of ether oxygens (including phenoxy) is 1. The molecule has 88 valence electrons. The molecule has 1 amide bonds. The molecule has 0 aliphatic carbocycles. The van der Waals surface area contributed by atoms with Crippen molar-refractivity contribution >= 4 is 5.91 Å². The van der Waals surface area contributed by atoms with Crippen molar-refractivity contribution in [3.8, 4) is 0 Å². The number of nitrogens with zero attached hydrogens (tertiary/aromatic N) is 1. The summed E-state index contributed by atoms with van der Waals surface area (Å²) in [7, 11) is 1.84. The third kappa shape index (κ3) is 3.80. The van der Waals surface area contributed by atoms with Gasteiger partial charge in [-0.1, -0.05) is 20.8 Å². The van der Waals surface area contributed by atoms with Crippen molar-refractivity contribution in [3.05, 3.63) is 0 Å². The maximum Gasteiger partial charge on any atom is 0.227 e. The van der Waals surface area contributed by atoms with Crippen LogP contribution in [0, 0.1) is 5.41 Å². The van der Waals surface area contributed by atoms with E-state index < -0.39 is 0 Å². The number of rotatable bonds is 2. The summed E-state index contributed by atoms with van der Waals surface area (Å²) in [6.07, 6.45) is 0.134. The molecule has 1 rings (SSSR count). The van der Waals surface area contributed by atoms with Gasteiger partial charge in [0.2, 0.25) is 5.91 Å². The first-order chi connectivity index (χ1) is 6.91. The van der Waals surface area contributed by atoms with Crippen LogP contribution in [0.15, 0.2) is 0 Å². The van der Waals surface area contributed by atoms with E-state index >= 15 is 0 Å². The second kappa shape index (κ2) is 4.94. The van der Waals surface area contributed by atoms with Crippen LogP contribution in [0.3, 0.4) is 0 Å². The van der Waals surface area contributed by atoms with E-state index in [1.807, 2.05) is 27.8 Å². The summed E-state index contributed by atoms with van der Waals surface area (Å²) in [4.78, 5) is 13.6. The summed E-state index contributed by atoms with van der Waals surface area (Å²) >= 11 is 0. The largest absolute Gasteiger partial charge is 0.374 e. The Balaban J connectivity index is 2.40. The lowest BCUT2D eigenvalue weighted by Gasteiger charge is -2.31. The maximum atomic E-state index is 11.9. The number of morpholine rings is 1. The first-order valence-corrected chi connectivity index (χ1v) is 5.49. The van der Waals surface area contributed by atoms with Crippen LogP contribution in [-0.2, 0) is 9.53 Å². The van der Waals surface area contributed by atoms with E-state index in [4.69, 9.17) is 4.74 Å². The summed E-state index contributed by atoms with van der Waals surface area (Å²) < 4.78 is 5.56. The molecule has 0 radical (unpaired) electrons. The highest BCUT2D eigenvalue weighted by Gasteiger charge is 2.27. The fourth-order valence-corrected chi connectivity index (χ4v) is 1.70. The fourth-order valence-electron chi connectivity index (χ4n) is 1.70. The minimum Gasteiger partial charge on any atom is -0.374 e. The van der Waals surface area contributed by atoms with Gasteiger partial charge in [0.1, 0.15) is 0 Å². The van der Waals surface area contributed by atoms with Crippen molar-refractivity contribution in [1.29, 1.82) is 0 Å². The highest BCUT2D eigenvalue weighted by atomic mass is 16.5. The lowest BCUT2D eigenvalue weighted by atomic mass is 9.95. The molecule has 15 heavy (non-hydrogen) atoms. The molecule has 0 spiro atoms. The predicted octanol–water partition coefficient (Wildman–Crippen LogP) is 0.479. The van der Waals surface area contributed by atoms with Crippen LogP contribution in [0.2, 0.25) is 0 Å². The van der Waals surface area contributed by atoms with Crippen LogP contribution >= 0.6 is 0 Å². The Hall–Kier alpha value is -0.610. The van der Waals surface area contributed by atoms with Crippen LogP contribution in [-0.4, -0.2) is 50.2 Å². The third-order valence-electron chi connectivity index (χ3n) is 2.47. The number of hydrogen-bond acceptors (Lipinski definition) is 3. The molecule has 0 aromatic carbocycles. The van der Waals surface area contributed by atoms with Gasteiger partial charge in [-0.15, -0.1) is 0 Å². The minimum atomic E-state index is -0.309. The van der Waals surface area contributed by atoms with Crippen LogP contribution in [0.25, 0.3) is 0 Å². The normalized spacial score (nSPS) is 22.5. The molecule has 1 aliphatic heterocycles. The van der Waals surface area contributed by atoms with E-state index in [0.717, 1.165) is 19.7 Å². The molecule has 0 aromatic heterocycles. The molecule has 1 unspecified atom stereocenters. The Morgan fingerprint density at radius 3 is 2.67 bits per heavy atom. The fraction of sp³-hybridized carbons (Fsp3) is 0.909. The summed E-state index contributed by atoms with van der Waals surface area (Å²) in [5.41, 5.74) is -0.309. The smallest absolute Gasteiger partial charge is 0.227 e. The molecular formula is C11H22N2O2. The lowest BCUT2D eigenvalue weighted by Crippen LogP contribution is -2.47. The van der Waals surface area contributed by atoms with Gasteiger partial charge in [0.25, 0.3) is 0 Å². The molecule has 0 aromatic rings. The van der Waals surface area contributed by atoms with E-state index in [0.29, 0.717) is 6.54 Å². The topological polar surface area (TPSA) is 41.6 Å². The Kier molecular flexibility index (Phi) is 4.11. The zero-order valence-corrected chi connectivity index (χ0v) is 10.2. The molecule has 4 heteroatoms. The van der Waals surface area contributed by atoms with Gasteiger partial charge in [-0.05, 0) is 0 Å². The zero-order chi connectivity index (χ0) is 11.5. The van der Waals surface area contributed by atoms with E-state index in [1.54, 1.807) is 4.90 Å². The van der Waals surface area contributed by atoms with E-state index in [1.165, 1.54) is 0 Å². The molecule has 1 heterocycles. The van der Waals surface area contributed by atoms with Gasteiger partial charge in [0.15, 0.2) is 0 Å². The van der Waals surface area contributed by atoms with Gasteiger partial charge >= 0.3 is 0 Å². The molecular weight excluding hydrogens is 192 g/mol. The van der Waals surface area contributed by atoms with Crippen LogP contribution in [0.5, 0.6) is 0 Å². The molecule has 1 saturated heterocycles. The molecule has 1 atom stereocenters. The van der Waals surface area contributed by atoms with Crippen molar-refractivity contribution in [1.82, 2.24) is 10.2 Å². The lowest BCUT2D eigenvalue weighted by molar-refractivity contribution is -0.140. The Morgan fingerprint density at radius 1 is 1.53 bits per heavy atom. The number of carbonyl (C=O) groups excluding carboxylic acids is 1. The average Bonchev–Trinajstić information content (AvgIpc) is 2.16. The molecule has 1 fully saturated rings. The summed E-state index contributed by atoms with van der Waals surface area (Å²) in [6.45, 7) is 8.96. The van der Waals surface area contributed by atoms with Gasteiger partial charge in [-0.3, -0.25) is 4.79 Å². The van der Waals surface area contributed by atoms with Crippen molar-refractivity contribution in [3.63, 3.8) is 0 Å². The second-order valence-corrected chi connectivity index (χ2v) is 5.13. The first-order valence-electron chi connectivity index (χ1n) is 5.49. The van der Waals surface area contributed by atoms with E-state index in [9.17, 15) is 4.79 Å². The second-order valence-electron chi connectivity index (χ2n) is 5.13. The molecule has 4 nitrogen and oxygen atoms in total. The van der Waals surface area contributed by atoms with E-state index in [-0.39, 0.29) is 17.4 Å². The minimum absolute atomic E-state index is 0.134. The number of hydrogen-bond donors (Lipinski definition) is 1. The maximum absolute atomic E-state index is 11.9. The van der Waals surface area contributed by atoms with Crippen molar-refractivity contribution < 1.29 is 9.53 Å². The monoisotopic (exact) mass is 214 g/mol. The Labute approximate surface area is 92.0 Å². The van der Waals surface area contributed by atoms with Crippen LogP contribution in [0.1, 0.15) is 20.8 Å². The number of carbonyl (C=O) groups is 1. The van der Waals surface area contributed by atoms with Gasteiger partial charge in [0, 0.05) is 32.1 Å². The standard InChI is InChI=1S/C11H22N2O2/c1-11(2,3)10(14)13(4)8-9-7-12-5-6-15-9/h9,12H,5-8H2,1-4H3. The quantitative estimate of drug-likeness (QED) is 0.727. The zero-order valence-electron chi connectivity index (χ0n) is 10.2. The van der Waals surface area contributed by atoms with Crippen molar-refractivity contribution in [2.24, 2.45) is 5.41 Å². The van der Waals surface area contributed by atoms with Gasteiger partial charge in [0.05, 0.1) is 12.7 Å². The highest BCUT2D eigenvalue weighted by Crippen LogP contribution is 2.16. The Bertz CT molecular complexity index is 217.